The van der Waals surface area contributed by atoms with Crippen molar-refractivity contribution in [3.63, 3.8) is 0 Å². The summed E-state index contributed by atoms with van der Waals surface area (Å²) in [6.45, 7) is 0. The van der Waals surface area contributed by atoms with Gasteiger partial charge in [-0.05, 0) is 31.0 Å². The topological polar surface area (TPSA) is 86.7 Å². The molecule has 3 rings (SSSR count). The van der Waals surface area contributed by atoms with Crippen molar-refractivity contribution in [2.45, 2.75) is 32.1 Å². The lowest BCUT2D eigenvalue weighted by Gasteiger charge is -2.38. The van der Waals surface area contributed by atoms with Gasteiger partial charge < -0.3 is 5.11 Å². The van der Waals surface area contributed by atoms with Crippen LogP contribution in [0.3, 0.4) is 0 Å². The van der Waals surface area contributed by atoms with Crippen LogP contribution in [-0.4, -0.2) is 22.9 Å². The first-order chi connectivity index (χ1) is 10.0. The third-order valence-electron chi connectivity index (χ3n) is 4.30. The van der Waals surface area contributed by atoms with Gasteiger partial charge >= 0.3 is 5.97 Å². The summed E-state index contributed by atoms with van der Waals surface area (Å²) in [4.78, 5) is 35.7. The summed E-state index contributed by atoms with van der Waals surface area (Å²) in [7, 11) is 0. The van der Waals surface area contributed by atoms with E-state index in [1.165, 1.54) is 17.1 Å². The number of carbonyl (C=O) groups excluding carboxylic acids is 2. The maximum absolute atomic E-state index is 12.7. The van der Waals surface area contributed by atoms with E-state index in [9.17, 15) is 14.4 Å². The first-order valence-electron chi connectivity index (χ1n) is 6.99. The van der Waals surface area contributed by atoms with Crippen molar-refractivity contribution in [1.82, 2.24) is 5.43 Å². The molecule has 1 heterocycles. The average molecular weight is 288 g/mol. The number of carboxylic acids is 1. The number of nitrogens with zero attached hydrogens (tertiary/aromatic N) is 1. The van der Waals surface area contributed by atoms with Crippen molar-refractivity contribution < 1.29 is 19.5 Å². The number of amides is 2. The SMILES string of the molecule is O=C1CC2(CCCC2)C(=O)N(c2cccc(C(=O)O)c2)N1. The van der Waals surface area contributed by atoms with Crippen LogP contribution >= 0.6 is 0 Å². The van der Waals surface area contributed by atoms with Gasteiger partial charge in [-0.25, -0.2) is 9.80 Å². The fourth-order valence-electron chi connectivity index (χ4n) is 3.24. The number of hydrazine groups is 1. The van der Waals surface area contributed by atoms with Gasteiger partial charge in [0.2, 0.25) is 5.91 Å². The molecule has 2 fully saturated rings. The Morgan fingerprint density at radius 3 is 2.62 bits per heavy atom. The first kappa shape index (κ1) is 13.6. The van der Waals surface area contributed by atoms with Crippen LogP contribution in [0.5, 0.6) is 0 Å². The van der Waals surface area contributed by atoms with Crippen LogP contribution < -0.4 is 10.4 Å². The van der Waals surface area contributed by atoms with E-state index in [2.05, 4.69) is 5.43 Å². The van der Waals surface area contributed by atoms with Crippen molar-refractivity contribution >= 4 is 23.5 Å². The van der Waals surface area contributed by atoms with Gasteiger partial charge in [0.05, 0.1) is 16.7 Å². The highest BCUT2D eigenvalue weighted by atomic mass is 16.4. The van der Waals surface area contributed by atoms with Crippen molar-refractivity contribution in [2.24, 2.45) is 5.41 Å². The number of anilines is 1. The van der Waals surface area contributed by atoms with Crippen LogP contribution in [0.2, 0.25) is 0 Å². The summed E-state index contributed by atoms with van der Waals surface area (Å²) in [6.07, 6.45) is 3.55. The second kappa shape index (κ2) is 4.87. The summed E-state index contributed by atoms with van der Waals surface area (Å²) in [5.41, 5.74) is 2.41. The van der Waals surface area contributed by atoms with Gasteiger partial charge in [-0.15, -0.1) is 0 Å². The second-order valence-corrected chi connectivity index (χ2v) is 5.70. The minimum absolute atomic E-state index is 0.0839. The molecule has 1 aliphatic heterocycles. The van der Waals surface area contributed by atoms with E-state index in [1.54, 1.807) is 12.1 Å². The molecule has 2 aliphatic rings. The Morgan fingerprint density at radius 2 is 1.95 bits per heavy atom. The van der Waals surface area contributed by atoms with E-state index in [4.69, 9.17) is 5.11 Å². The summed E-state index contributed by atoms with van der Waals surface area (Å²) in [5, 5.41) is 10.3. The third-order valence-corrected chi connectivity index (χ3v) is 4.30. The molecule has 2 amide bonds. The van der Waals surface area contributed by atoms with Gasteiger partial charge in [0, 0.05) is 6.42 Å². The molecule has 0 atom stereocenters. The molecule has 1 spiro atoms. The Labute approximate surface area is 121 Å². The zero-order valence-corrected chi connectivity index (χ0v) is 11.5. The summed E-state index contributed by atoms with van der Waals surface area (Å²) in [5.74, 6) is -1.40. The molecule has 1 saturated carbocycles. The molecule has 21 heavy (non-hydrogen) atoms. The Kier molecular flexibility index (Phi) is 3.16. The van der Waals surface area contributed by atoms with Crippen LogP contribution in [0.1, 0.15) is 42.5 Å². The highest BCUT2D eigenvalue weighted by Gasteiger charge is 2.49. The van der Waals surface area contributed by atoms with Crippen LogP contribution in [0.25, 0.3) is 0 Å². The van der Waals surface area contributed by atoms with E-state index >= 15 is 0 Å². The molecule has 1 aromatic carbocycles. The quantitative estimate of drug-likeness (QED) is 0.867. The summed E-state index contributed by atoms with van der Waals surface area (Å²) >= 11 is 0. The van der Waals surface area contributed by atoms with Crippen LogP contribution in [0.15, 0.2) is 24.3 Å². The molecular weight excluding hydrogens is 272 g/mol. The number of carbonyl (C=O) groups is 3. The Hall–Kier alpha value is -2.37. The standard InChI is InChI=1S/C15H16N2O4/c18-12-9-15(6-1-2-7-15)14(21)17(16-12)11-5-3-4-10(8-11)13(19)20/h3-5,8H,1-2,6-7,9H2,(H,16,18)(H,19,20). The van der Waals surface area contributed by atoms with Gasteiger partial charge in [-0.2, -0.15) is 0 Å². The largest absolute Gasteiger partial charge is 0.478 e. The predicted molar refractivity (Wildman–Crippen MR) is 74.5 cm³/mol. The van der Waals surface area contributed by atoms with Crippen molar-refractivity contribution in [2.75, 3.05) is 5.01 Å². The Morgan fingerprint density at radius 1 is 1.24 bits per heavy atom. The molecule has 110 valence electrons. The fraction of sp³-hybridized carbons (Fsp3) is 0.400. The maximum Gasteiger partial charge on any atom is 0.335 e. The zero-order valence-electron chi connectivity index (χ0n) is 11.5. The number of hydrogen-bond acceptors (Lipinski definition) is 3. The predicted octanol–water partition coefficient (Wildman–Crippen LogP) is 1.71. The summed E-state index contributed by atoms with van der Waals surface area (Å²) in [6, 6.07) is 6.04. The van der Waals surface area contributed by atoms with E-state index in [1.807, 2.05) is 0 Å². The van der Waals surface area contributed by atoms with E-state index in [-0.39, 0.29) is 23.8 Å². The lowest BCUT2D eigenvalue weighted by atomic mass is 9.80. The fourth-order valence-corrected chi connectivity index (χ4v) is 3.24. The molecular formula is C15H16N2O4. The molecule has 0 unspecified atom stereocenters. The molecule has 6 heteroatoms. The monoisotopic (exact) mass is 288 g/mol. The minimum atomic E-state index is -1.07. The molecule has 0 aromatic heterocycles. The van der Waals surface area contributed by atoms with Crippen molar-refractivity contribution in [3.05, 3.63) is 29.8 Å². The third kappa shape index (κ3) is 2.26. The van der Waals surface area contributed by atoms with Gasteiger partial charge in [0.1, 0.15) is 0 Å². The molecule has 1 saturated heterocycles. The minimum Gasteiger partial charge on any atom is -0.478 e. The van der Waals surface area contributed by atoms with Gasteiger partial charge in [0.15, 0.2) is 0 Å². The highest BCUT2D eigenvalue weighted by Crippen LogP contribution is 2.44. The van der Waals surface area contributed by atoms with E-state index in [0.29, 0.717) is 18.5 Å². The summed E-state index contributed by atoms with van der Waals surface area (Å²) < 4.78 is 0. The molecule has 0 bridgehead atoms. The van der Waals surface area contributed by atoms with Crippen LogP contribution in [0.4, 0.5) is 5.69 Å². The Balaban J connectivity index is 1.97. The number of nitrogens with one attached hydrogen (secondary N) is 1. The van der Waals surface area contributed by atoms with Gasteiger partial charge in [0.25, 0.3) is 5.91 Å². The molecule has 0 radical (unpaired) electrons. The highest BCUT2D eigenvalue weighted by molar-refractivity contribution is 6.05. The number of rotatable bonds is 2. The smallest absolute Gasteiger partial charge is 0.335 e. The lowest BCUT2D eigenvalue weighted by molar-refractivity contribution is -0.140. The first-order valence-corrected chi connectivity index (χ1v) is 6.99. The normalized spacial score (nSPS) is 20.7. The van der Waals surface area contributed by atoms with Gasteiger partial charge in [-0.3, -0.25) is 15.0 Å². The number of hydrogen-bond donors (Lipinski definition) is 2. The van der Waals surface area contributed by atoms with E-state index in [0.717, 1.165) is 12.8 Å². The lowest BCUT2D eigenvalue weighted by Crippen LogP contribution is -2.59. The molecule has 6 nitrogen and oxygen atoms in total. The second-order valence-electron chi connectivity index (χ2n) is 5.70. The van der Waals surface area contributed by atoms with Crippen LogP contribution in [0, 0.1) is 5.41 Å². The Bertz CT molecular complexity index is 620. The number of carboxylic acid groups (broad SMARTS) is 1. The molecule has 1 aliphatic carbocycles. The van der Waals surface area contributed by atoms with Crippen molar-refractivity contribution in [3.8, 4) is 0 Å². The molecule has 2 N–H and O–H groups in total. The van der Waals surface area contributed by atoms with Crippen molar-refractivity contribution in [1.29, 1.82) is 0 Å². The average Bonchev–Trinajstić information content (AvgIpc) is 2.92. The number of aromatic carboxylic acids is 1. The number of benzene rings is 1. The zero-order chi connectivity index (χ0) is 15.0. The van der Waals surface area contributed by atoms with Crippen LogP contribution in [-0.2, 0) is 9.59 Å². The maximum atomic E-state index is 12.7. The molecule has 1 aromatic rings. The van der Waals surface area contributed by atoms with E-state index < -0.39 is 11.4 Å². The van der Waals surface area contributed by atoms with Gasteiger partial charge in [-0.1, -0.05) is 18.9 Å².